The normalized spacial score (nSPS) is 10.5. The van der Waals surface area contributed by atoms with Crippen LogP contribution in [0.5, 0.6) is 0 Å². The van der Waals surface area contributed by atoms with E-state index in [1.165, 1.54) is 0 Å². The molecule has 15 heavy (non-hydrogen) atoms. The van der Waals surface area contributed by atoms with E-state index in [0.29, 0.717) is 11.8 Å². The number of alkyl halides is 2. The number of hydrogen-bond acceptors (Lipinski definition) is 2. The molecule has 1 aromatic rings. The molecule has 0 fully saturated rings. The van der Waals surface area contributed by atoms with Crippen molar-refractivity contribution in [3.05, 3.63) is 24.3 Å². The first-order valence-electron chi connectivity index (χ1n) is 4.62. The second-order valence-electron chi connectivity index (χ2n) is 2.97. The number of nitrogens with zero attached hydrogens (tertiary/aromatic N) is 1. The topological polar surface area (TPSA) is 20.3 Å². The third-order valence-electron chi connectivity index (χ3n) is 2.03. The Balaban J connectivity index is 2.76. The van der Waals surface area contributed by atoms with Gasteiger partial charge in [0.25, 0.3) is 0 Å². The van der Waals surface area contributed by atoms with Gasteiger partial charge in [-0.15, -0.1) is 0 Å². The van der Waals surface area contributed by atoms with Crippen molar-refractivity contribution in [2.45, 2.75) is 0 Å². The molecule has 0 saturated carbocycles. The molecule has 0 amide bonds. The summed E-state index contributed by atoms with van der Waals surface area (Å²) in [5, 5.41) is 0. The molecule has 0 unspecified atom stereocenters. The summed E-state index contributed by atoms with van der Waals surface area (Å²) in [5.41, 5.74) is 1.08. The minimum absolute atomic E-state index is 0.575. The van der Waals surface area contributed by atoms with Gasteiger partial charge in [0.15, 0.2) is 0 Å². The predicted octanol–water partition coefficient (Wildman–Crippen LogP) is 1.65. The molecule has 82 valence electrons. The molecule has 0 N–H and O–H groups in total. The molecular formula is C10H12AsCl2NO. The fraction of sp³-hybridized carbons (Fsp3) is 0.400. The molecule has 0 saturated heterocycles. The second-order valence-corrected chi connectivity index (χ2v) is 5.20. The van der Waals surface area contributed by atoms with Crippen LogP contribution in [0.2, 0.25) is 0 Å². The van der Waals surface area contributed by atoms with Crippen LogP contribution in [0.15, 0.2) is 24.3 Å². The Bertz CT molecular complexity index is 299. The molecule has 0 aliphatic carbocycles. The summed E-state index contributed by atoms with van der Waals surface area (Å²) in [5.74, 6) is 1.15. The zero-order valence-corrected chi connectivity index (χ0v) is 11.6. The standard InChI is InChI=1S/C10H12AsCl2NO/c12-5-7-14(8-6-13)10-3-1-9(11-15)2-4-10/h1-4H,5-8H2. The average Bonchev–Trinajstić information content (AvgIpc) is 2.29. The number of hydrogen-bond donors (Lipinski definition) is 0. The van der Waals surface area contributed by atoms with E-state index in [0.717, 1.165) is 23.1 Å². The first kappa shape index (κ1) is 13.0. The third kappa shape index (κ3) is 4.14. The van der Waals surface area contributed by atoms with E-state index in [1.54, 1.807) is 0 Å². The Hall–Kier alpha value is -0.0416. The van der Waals surface area contributed by atoms with E-state index in [9.17, 15) is 3.74 Å². The maximum absolute atomic E-state index is 10.7. The van der Waals surface area contributed by atoms with Gasteiger partial charge in [-0.25, -0.2) is 0 Å². The van der Waals surface area contributed by atoms with E-state index < -0.39 is 15.7 Å². The second kappa shape index (κ2) is 7.27. The summed E-state index contributed by atoms with van der Waals surface area (Å²) < 4.78 is 11.6. The Morgan fingerprint density at radius 2 is 1.60 bits per heavy atom. The van der Waals surface area contributed by atoms with Crippen molar-refractivity contribution in [2.24, 2.45) is 0 Å². The van der Waals surface area contributed by atoms with Crippen molar-refractivity contribution in [2.75, 3.05) is 29.7 Å². The van der Waals surface area contributed by atoms with Gasteiger partial charge in [0, 0.05) is 0 Å². The molecule has 0 aromatic heterocycles. The van der Waals surface area contributed by atoms with Gasteiger partial charge in [-0.2, -0.15) is 0 Å². The summed E-state index contributed by atoms with van der Waals surface area (Å²) in [6.07, 6.45) is 0. The molecule has 0 radical (unpaired) electrons. The van der Waals surface area contributed by atoms with E-state index in [2.05, 4.69) is 4.90 Å². The summed E-state index contributed by atoms with van der Waals surface area (Å²) in [6.45, 7) is 1.55. The molecule has 0 atom stereocenters. The summed E-state index contributed by atoms with van der Waals surface area (Å²) in [6, 6.07) is 7.69. The molecule has 1 rings (SSSR count). The van der Waals surface area contributed by atoms with E-state index in [-0.39, 0.29) is 0 Å². The molecule has 0 aliphatic rings. The van der Waals surface area contributed by atoms with Gasteiger partial charge >= 0.3 is 107 Å². The van der Waals surface area contributed by atoms with Gasteiger partial charge in [0.05, 0.1) is 0 Å². The van der Waals surface area contributed by atoms with Crippen LogP contribution >= 0.6 is 23.2 Å². The molecule has 2 nitrogen and oxygen atoms in total. The van der Waals surface area contributed by atoms with Gasteiger partial charge < -0.3 is 0 Å². The van der Waals surface area contributed by atoms with Crippen LogP contribution in [0.3, 0.4) is 0 Å². The van der Waals surface area contributed by atoms with Crippen LogP contribution in [-0.4, -0.2) is 40.5 Å². The van der Waals surface area contributed by atoms with Crippen LogP contribution in [0.1, 0.15) is 0 Å². The van der Waals surface area contributed by atoms with Crippen molar-refractivity contribution in [1.82, 2.24) is 0 Å². The molecule has 0 heterocycles. The van der Waals surface area contributed by atoms with E-state index >= 15 is 0 Å². The quantitative estimate of drug-likeness (QED) is 0.588. The van der Waals surface area contributed by atoms with Gasteiger partial charge in [-0.05, 0) is 0 Å². The van der Waals surface area contributed by atoms with Crippen molar-refractivity contribution >= 4 is 48.9 Å². The number of anilines is 1. The summed E-state index contributed by atoms with van der Waals surface area (Å²) in [7, 11) is 0. The predicted molar refractivity (Wildman–Crippen MR) is 66.2 cm³/mol. The van der Waals surface area contributed by atoms with Crippen LogP contribution in [0, 0.1) is 0 Å². The number of rotatable bonds is 6. The summed E-state index contributed by atoms with van der Waals surface area (Å²) >= 11 is 10.5. The van der Waals surface area contributed by atoms with Gasteiger partial charge in [0.1, 0.15) is 0 Å². The van der Waals surface area contributed by atoms with Crippen LogP contribution in [0.4, 0.5) is 5.69 Å². The number of benzene rings is 1. The molecule has 1 aromatic carbocycles. The van der Waals surface area contributed by atoms with E-state index in [1.807, 2.05) is 24.3 Å². The summed E-state index contributed by atoms with van der Waals surface area (Å²) in [4.78, 5) is 2.12. The molecule has 0 bridgehead atoms. The monoisotopic (exact) mass is 307 g/mol. The van der Waals surface area contributed by atoms with E-state index in [4.69, 9.17) is 23.2 Å². The SMILES string of the molecule is O=[As]c1ccc(N(CCCl)CCCl)cc1. The zero-order chi connectivity index (χ0) is 11.1. The van der Waals surface area contributed by atoms with Gasteiger partial charge in [0.2, 0.25) is 0 Å². The Labute approximate surface area is 106 Å². The third-order valence-corrected chi connectivity index (χ3v) is 3.44. The Morgan fingerprint density at radius 1 is 1.07 bits per heavy atom. The maximum atomic E-state index is 10.7. The molecular weight excluding hydrogens is 296 g/mol. The van der Waals surface area contributed by atoms with Gasteiger partial charge in [-0.1, -0.05) is 0 Å². The minimum atomic E-state index is -0.930. The Morgan fingerprint density at radius 3 is 2.00 bits per heavy atom. The molecule has 5 heteroatoms. The van der Waals surface area contributed by atoms with Gasteiger partial charge in [-0.3, -0.25) is 0 Å². The first-order valence-corrected chi connectivity index (χ1v) is 7.39. The van der Waals surface area contributed by atoms with Crippen molar-refractivity contribution in [3.8, 4) is 0 Å². The first-order chi connectivity index (χ1) is 7.31. The number of halogens is 2. The molecule has 0 spiro atoms. The average molecular weight is 308 g/mol. The molecule has 0 aliphatic heterocycles. The van der Waals surface area contributed by atoms with Crippen LogP contribution in [0.25, 0.3) is 0 Å². The Kier molecular flexibility index (Phi) is 6.31. The van der Waals surface area contributed by atoms with Crippen molar-refractivity contribution in [3.63, 3.8) is 0 Å². The zero-order valence-electron chi connectivity index (χ0n) is 8.20. The van der Waals surface area contributed by atoms with Crippen LogP contribution in [-0.2, 0) is 3.74 Å². The van der Waals surface area contributed by atoms with Crippen LogP contribution < -0.4 is 9.25 Å². The van der Waals surface area contributed by atoms with Crippen molar-refractivity contribution in [1.29, 1.82) is 0 Å². The fourth-order valence-electron chi connectivity index (χ4n) is 1.30. The van der Waals surface area contributed by atoms with Crippen molar-refractivity contribution < 1.29 is 3.74 Å². The fourth-order valence-corrected chi connectivity index (χ4v) is 2.27.